The molecule has 7 heteroatoms. The number of aliphatic hydroxyl groups is 1. The number of aliphatic hydroxyl groups excluding tert-OH is 1. The molecule has 3 rings (SSSR count). The number of benzene rings is 2. The summed E-state index contributed by atoms with van der Waals surface area (Å²) < 4.78 is 14.3. The van der Waals surface area contributed by atoms with E-state index in [2.05, 4.69) is 0 Å². The number of likely N-dealkylation sites (tertiary alicyclic amines) is 1. The van der Waals surface area contributed by atoms with Crippen LogP contribution in [0.4, 0.5) is 10.1 Å². The number of nitrogens with zero attached hydrogens (tertiary/aromatic N) is 3. The average Bonchev–Trinajstić information content (AvgIpc) is 3.16. The van der Waals surface area contributed by atoms with E-state index >= 15 is 0 Å². The maximum absolute atomic E-state index is 14.3. The summed E-state index contributed by atoms with van der Waals surface area (Å²) in [6.07, 6.45) is -0.368. The fourth-order valence-electron chi connectivity index (χ4n) is 3.48. The first-order valence-electron chi connectivity index (χ1n) is 9.07. The molecule has 1 saturated heterocycles. The van der Waals surface area contributed by atoms with Crippen LogP contribution in [0.3, 0.4) is 0 Å². The minimum absolute atomic E-state index is 0.0636. The van der Waals surface area contributed by atoms with Crippen LogP contribution >= 0.6 is 11.6 Å². The van der Waals surface area contributed by atoms with Crippen molar-refractivity contribution in [3.8, 4) is 6.07 Å². The quantitative estimate of drug-likeness (QED) is 0.834. The van der Waals surface area contributed by atoms with Gasteiger partial charge in [-0.3, -0.25) is 4.79 Å². The molecule has 2 atom stereocenters. The van der Waals surface area contributed by atoms with E-state index in [1.165, 1.54) is 13.0 Å². The smallest absolute Gasteiger partial charge is 0.251 e. The predicted octanol–water partition coefficient (Wildman–Crippen LogP) is 3.34. The molecule has 0 saturated carbocycles. The highest BCUT2D eigenvalue weighted by atomic mass is 35.5. The molecule has 1 fully saturated rings. The van der Waals surface area contributed by atoms with Crippen LogP contribution in [0, 0.1) is 17.1 Å². The van der Waals surface area contributed by atoms with Gasteiger partial charge >= 0.3 is 0 Å². The van der Waals surface area contributed by atoms with Gasteiger partial charge in [0, 0.05) is 36.9 Å². The van der Waals surface area contributed by atoms with Crippen molar-refractivity contribution in [3.05, 3.63) is 64.4 Å². The van der Waals surface area contributed by atoms with Crippen LogP contribution in [0.15, 0.2) is 42.5 Å². The molecule has 0 aromatic heterocycles. The topological polar surface area (TPSA) is 67.6 Å². The standard InChI is InChI=1S/C21H21ClFN3O2/c1-14(27)21(28)25-9-8-18(13-25)26(12-16-4-2-3-5-20(16)23)17-7-6-15(11-24)19(22)10-17/h2-7,10,14,18,27H,8-9,12-13H2,1H3/t14-,18?/m1/s1. The van der Waals surface area contributed by atoms with Gasteiger partial charge in [-0.15, -0.1) is 0 Å². The van der Waals surface area contributed by atoms with E-state index in [1.807, 2.05) is 11.0 Å². The molecular weight excluding hydrogens is 381 g/mol. The maximum Gasteiger partial charge on any atom is 0.251 e. The lowest BCUT2D eigenvalue weighted by molar-refractivity contribution is -0.138. The van der Waals surface area contributed by atoms with Crippen molar-refractivity contribution < 1.29 is 14.3 Å². The Hall–Kier alpha value is -2.62. The lowest BCUT2D eigenvalue weighted by Gasteiger charge is -2.32. The third kappa shape index (κ3) is 4.27. The lowest BCUT2D eigenvalue weighted by Crippen LogP contribution is -2.41. The van der Waals surface area contributed by atoms with Gasteiger partial charge in [0.25, 0.3) is 5.91 Å². The molecule has 5 nitrogen and oxygen atoms in total. The van der Waals surface area contributed by atoms with Crippen molar-refractivity contribution in [3.63, 3.8) is 0 Å². The number of carbonyl (C=O) groups excluding carboxylic acids is 1. The first kappa shape index (κ1) is 20.1. The molecule has 1 heterocycles. The Morgan fingerprint density at radius 3 is 2.82 bits per heavy atom. The predicted molar refractivity (Wildman–Crippen MR) is 105 cm³/mol. The van der Waals surface area contributed by atoms with Crippen LogP contribution in [-0.2, 0) is 11.3 Å². The monoisotopic (exact) mass is 401 g/mol. The Bertz CT molecular complexity index is 913. The van der Waals surface area contributed by atoms with Crippen molar-refractivity contribution in [2.24, 2.45) is 0 Å². The van der Waals surface area contributed by atoms with Gasteiger partial charge in [-0.2, -0.15) is 5.26 Å². The summed E-state index contributed by atoms with van der Waals surface area (Å²) >= 11 is 6.21. The number of nitriles is 1. The number of hydrogen-bond acceptors (Lipinski definition) is 4. The third-order valence-electron chi connectivity index (χ3n) is 4.98. The molecule has 0 spiro atoms. The molecule has 0 radical (unpaired) electrons. The molecule has 1 N–H and O–H groups in total. The average molecular weight is 402 g/mol. The van der Waals surface area contributed by atoms with Gasteiger partial charge in [-0.25, -0.2) is 4.39 Å². The van der Waals surface area contributed by atoms with E-state index < -0.39 is 6.10 Å². The molecule has 28 heavy (non-hydrogen) atoms. The number of rotatable bonds is 5. The Morgan fingerprint density at radius 2 is 2.18 bits per heavy atom. The van der Waals surface area contributed by atoms with Gasteiger partial charge in [-0.05, 0) is 37.6 Å². The van der Waals surface area contributed by atoms with Gasteiger partial charge in [0.15, 0.2) is 0 Å². The van der Waals surface area contributed by atoms with E-state index in [9.17, 15) is 14.3 Å². The zero-order valence-corrected chi connectivity index (χ0v) is 16.2. The molecular formula is C21H21ClFN3O2. The summed E-state index contributed by atoms with van der Waals surface area (Å²) in [6.45, 7) is 2.70. The molecule has 1 aliphatic heterocycles. The minimum atomic E-state index is -1.05. The number of halogens is 2. The highest BCUT2D eigenvalue weighted by Crippen LogP contribution is 2.30. The van der Waals surface area contributed by atoms with Crippen LogP contribution in [-0.4, -0.2) is 41.1 Å². The zero-order chi connectivity index (χ0) is 20.3. The van der Waals surface area contributed by atoms with Crippen molar-refractivity contribution in [2.45, 2.75) is 32.0 Å². The summed E-state index contributed by atoms with van der Waals surface area (Å²) in [7, 11) is 0. The Morgan fingerprint density at radius 1 is 1.43 bits per heavy atom. The largest absolute Gasteiger partial charge is 0.384 e. The molecule has 0 aliphatic carbocycles. The Balaban J connectivity index is 1.91. The Labute approximate surface area is 168 Å². The molecule has 1 aliphatic rings. The van der Waals surface area contributed by atoms with E-state index in [0.29, 0.717) is 42.2 Å². The van der Waals surface area contributed by atoms with E-state index in [0.717, 1.165) is 5.69 Å². The zero-order valence-electron chi connectivity index (χ0n) is 15.5. The maximum atomic E-state index is 14.3. The number of carbonyl (C=O) groups is 1. The summed E-state index contributed by atoms with van der Waals surface area (Å²) in [4.78, 5) is 15.8. The van der Waals surface area contributed by atoms with E-state index in [1.54, 1.807) is 41.3 Å². The summed E-state index contributed by atoms with van der Waals surface area (Å²) in [5.41, 5.74) is 1.65. The Kier molecular flexibility index (Phi) is 6.18. The number of hydrogen-bond donors (Lipinski definition) is 1. The second kappa shape index (κ2) is 8.59. The molecule has 0 bridgehead atoms. The van der Waals surface area contributed by atoms with E-state index in [-0.39, 0.29) is 17.8 Å². The van der Waals surface area contributed by atoms with Crippen molar-refractivity contribution >= 4 is 23.2 Å². The summed E-state index contributed by atoms with van der Waals surface area (Å²) in [6, 6.07) is 13.6. The molecule has 2 aromatic carbocycles. The van der Waals surface area contributed by atoms with Gasteiger partial charge in [0.05, 0.1) is 10.6 Å². The van der Waals surface area contributed by atoms with Gasteiger partial charge in [-0.1, -0.05) is 29.8 Å². The highest BCUT2D eigenvalue weighted by molar-refractivity contribution is 6.32. The van der Waals surface area contributed by atoms with Crippen molar-refractivity contribution in [1.29, 1.82) is 5.26 Å². The molecule has 2 aromatic rings. The number of anilines is 1. The van der Waals surface area contributed by atoms with Crippen LogP contribution in [0.2, 0.25) is 5.02 Å². The van der Waals surface area contributed by atoms with Crippen molar-refractivity contribution in [1.82, 2.24) is 4.90 Å². The molecule has 1 unspecified atom stereocenters. The minimum Gasteiger partial charge on any atom is -0.384 e. The lowest BCUT2D eigenvalue weighted by atomic mass is 10.1. The van der Waals surface area contributed by atoms with Crippen LogP contribution in [0.25, 0.3) is 0 Å². The normalized spacial score (nSPS) is 17.2. The molecule has 1 amide bonds. The summed E-state index contributed by atoms with van der Waals surface area (Å²) in [5.74, 6) is -0.617. The summed E-state index contributed by atoms with van der Waals surface area (Å²) in [5, 5.41) is 19.0. The van der Waals surface area contributed by atoms with Gasteiger partial charge in [0.1, 0.15) is 18.0 Å². The van der Waals surface area contributed by atoms with Gasteiger partial charge in [0.2, 0.25) is 0 Å². The van der Waals surface area contributed by atoms with E-state index in [4.69, 9.17) is 16.9 Å². The number of amides is 1. The third-order valence-corrected chi connectivity index (χ3v) is 5.29. The second-order valence-electron chi connectivity index (χ2n) is 6.90. The first-order valence-corrected chi connectivity index (χ1v) is 9.45. The van der Waals surface area contributed by atoms with Crippen molar-refractivity contribution in [2.75, 3.05) is 18.0 Å². The van der Waals surface area contributed by atoms with Crippen LogP contribution in [0.1, 0.15) is 24.5 Å². The van der Waals surface area contributed by atoms with Crippen LogP contribution in [0.5, 0.6) is 0 Å². The second-order valence-corrected chi connectivity index (χ2v) is 7.31. The molecule has 146 valence electrons. The highest BCUT2D eigenvalue weighted by Gasteiger charge is 2.32. The fourth-order valence-corrected chi connectivity index (χ4v) is 3.69. The SMILES string of the molecule is C[C@@H](O)C(=O)N1CCC(N(Cc2ccccc2F)c2ccc(C#N)c(Cl)c2)C1. The van der Waals surface area contributed by atoms with Crippen LogP contribution < -0.4 is 4.90 Å². The first-order chi connectivity index (χ1) is 13.4. The van der Waals surface area contributed by atoms with Gasteiger partial charge < -0.3 is 14.9 Å². The fraction of sp³-hybridized carbons (Fsp3) is 0.333.